The van der Waals surface area contributed by atoms with E-state index in [2.05, 4.69) is 21.7 Å². The van der Waals surface area contributed by atoms with Crippen molar-refractivity contribution in [3.63, 3.8) is 0 Å². The van der Waals surface area contributed by atoms with E-state index in [0.29, 0.717) is 11.4 Å². The Labute approximate surface area is 128 Å². The highest BCUT2D eigenvalue weighted by Crippen LogP contribution is 2.12. The van der Waals surface area contributed by atoms with Gasteiger partial charge in [-0.25, -0.2) is 13.1 Å². The second-order valence-electron chi connectivity index (χ2n) is 4.49. The summed E-state index contributed by atoms with van der Waals surface area (Å²) in [5.41, 5.74) is 0.341. The van der Waals surface area contributed by atoms with Crippen molar-refractivity contribution in [2.75, 3.05) is 11.9 Å². The first-order chi connectivity index (χ1) is 10.4. The van der Waals surface area contributed by atoms with Gasteiger partial charge >= 0.3 is 0 Å². The SMILES string of the molecule is C=CCNS(=O)(=O)c1ccc(C(=O)Nc2ccn(C)n2)cc1. The molecule has 0 fully saturated rings. The summed E-state index contributed by atoms with van der Waals surface area (Å²) in [4.78, 5) is 12.1. The van der Waals surface area contributed by atoms with Crippen LogP contribution in [0.25, 0.3) is 0 Å². The summed E-state index contributed by atoms with van der Waals surface area (Å²) >= 11 is 0. The molecule has 0 aliphatic rings. The summed E-state index contributed by atoms with van der Waals surface area (Å²) in [7, 11) is -1.85. The second-order valence-corrected chi connectivity index (χ2v) is 6.26. The Bertz CT molecular complexity index is 779. The van der Waals surface area contributed by atoms with Crippen LogP contribution in [0.5, 0.6) is 0 Å². The van der Waals surface area contributed by atoms with Crippen molar-refractivity contribution in [3.8, 4) is 0 Å². The third-order valence-electron chi connectivity index (χ3n) is 2.80. The van der Waals surface area contributed by atoms with Crippen molar-refractivity contribution in [1.29, 1.82) is 0 Å². The van der Waals surface area contributed by atoms with Crippen LogP contribution in [0.2, 0.25) is 0 Å². The third kappa shape index (κ3) is 3.80. The minimum atomic E-state index is -3.59. The minimum absolute atomic E-state index is 0.0868. The molecule has 0 unspecified atom stereocenters. The van der Waals surface area contributed by atoms with Crippen LogP contribution in [0.15, 0.2) is 54.1 Å². The zero-order valence-electron chi connectivity index (χ0n) is 12.0. The summed E-state index contributed by atoms with van der Waals surface area (Å²) in [6.07, 6.45) is 3.16. The Morgan fingerprint density at radius 1 is 1.32 bits per heavy atom. The highest BCUT2D eigenvalue weighted by atomic mass is 32.2. The van der Waals surface area contributed by atoms with Gasteiger partial charge in [-0.2, -0.15) is 5.10 Å². The van der Waals surface area contributed by atoms with E-state index in [0.717, 1.165) is 0 Å². The molecule has 0 saturated carbocycles. The molecule has 0 aliphatic carbocycles. The van der Waals surface area contributed by atoms with Gasteiger partial charge < -0.3 is 5.32 Å². The molecular formula is C14H16N4O3S. The van der Waals surface area contributed by atoms with E-state index in [1.165, 1.54) is 30.3 Å². The molecule has 1 heterocycles. The number of carbonyl (C=O) groups is 1. The number of aryl methyl sites for hydroxylation is 1. The number of hydrogen-bond donors (Lipinski definition) is 2. The molecule has 116 valence electrons. The Kier molecular flexibility index (Phi) is 4.74. The van der Waals surface area contributed by atoms with Gasteiger partial charge in [0, 0.05) is 31.4 Å². The zero-order valence-corrected chi connectivity index (χ0v) is 12.8. The summed E-state index contributed by atoms with van der Waals surface area (Å²) < 4.78 is 27.7. The molecule has 0 aliphatic heterocycles. The second kappa shape index (κ2) is 6.54. The van der Waals surface area contributed by atoms with Crippen LogP contribution in [0, 0.1) is 0 Å². The molecule has 2 aromatic rings. The Morgan fingerprint density at radius 3 is 2.55 bits per heavy atom. The molecule has 0 bridgehead atoms. The van der Waals surface area contributed by atoms with Gasteiger partial charge in [0.2, 0.25) is 10.0 Å². The van der Waals surface area contributed by atoms with Crippen LogP contribution in [-0.4, -0.2) is 30.7 Å². The van der Waals surface area contributed by atoms with E-state index in [4.69, 9.17) is 0 Å². The Balaban J connectivity index is 2.11. The molecule has 1 aromatic heterocycles. The van der Waals surface area contributed by atoms with Gasteiger partial charge in [0.05, 0.1) is 4.90 Å². The summed E-state index contributed by atoms with van der Waals surface area (Å²) in [5, 5.41) is 6.66. The Hall–Kier alpha value is -2.45. The first-order valence-corrected chi connectivity index (χ1v) is 7.92. The number of amides is 1. The van der Waals surface area contributed by atoms with E-state index in [9.17, 15) is 13.2 Å². The lowest BCUT2D eigenvalue weighted by atomic mass is 10.2. The van der Waals surface area contributed by atoms with Gasteiger partial charge in [-0.15, -0.1) is 6.58 Å². The quantitative estimate of drug-likeness (QED) is 0.781. The lowest BCUT2D eigenvalue weighted by Gasteiger charge is -2.06. The van der Waals surface area contributed by atoms with Crippen molar-refractivity contribution in [1.82, 2.24) is 14.5 Å². The number of benzene rings is 1. The van der Waals surface area contributed by atoms with Crippen molar-refractivity contribution in [2.45, 2.75) is 4.90 Å². The van der Waals surface area contributed by atoms with Crippen LogP contribution in [0.4, 0.5) is 5.82 Å². The highest BCUT2D eigenvalue weighted by Gasteiger charge is 2.14. The van der Waals surface area contributed by atoms with Crippen LogP contribution in [0.1, 0.15) is 10.4 Å². The van der Waals surface area contributed by atoms with Gasteiger partial charge in [0.1, 0.15) is 0 Å². The van der Waals surface area contributed by atoms with Gasteiger partial charge in [-0.05, 0) is 24.3 Å². The standard InChI is InChI=1S/C14H16N4O3S/c1-3-9-15-22(20,21)12-6-4-11(5-7-12)14(19)16-13-8-10-18(2)17-13/h3-8,10,15H,1,9H2,2H3,(H,16,17,19). The van der Waals surface area contributed by atoms with Crippen molar-refractivity contribution < 1.29 is 13.2 Å². The van der Waals surface area contributed by atoms with Crippen molar-refractivity contribution >= 4 is 21.7 Å². The van der Waals surface area contributed by atoms with Gasteiger partial charge in [-0.1, -0.05) is 6.08 Å². The molecule has 7 nitrogen and oxygen atoms in total. The number of hydrogen-bond acceptors (Lipinski definition) is 4. The average Bonchev–Trinajstić information content (AvgIpc) is 2.90. The highest BCUT2D eigenvalue weighted by molar-refractivity contribution is 7.89. The number of rotatable bonds is 6. The molecule has 0 spiro atoms. The fourth-order valence-corrected chi connectivity index (χ4v) is 2.71. The Morgan fingerprint density at radius 2 is 2.00 bits per heavy atom. The predicted molar refractivity (Wildman–Crippen MR) is 83.0 cm³/mol. The van der Waals surface area contributed by atoms with Crippen LogP contribution >= 0.6 is 0 Å². The van der Waals surface area contributed by atoms with E-state index >= 15 is 0 Å². The molecule has 22 heavy (non-hydrogen) atoms. The fourth-order valence-electron chi connectivity index (χ4n) is 1.71. The largest absolute Gasteiger partial charge is 0.305 e. The molecule has 2 N–H and O–H groups in total. The summed E-state index contributed by atoms with van der Waals surface area (Å²) in [6, 6.07) is 7.30. The molecule has 1 amide bonds. The topological polar surface area (TPSA) is 93.1 Å². The number of sulfonamides is 1. The maximum Gasteiger partial charge on any atom is 0.256 e. The predicted octanol–water partition coefficient (Wildman–Crippen LogP) is 1.14. The zero-order chi connectivity index (χ0) is 16.2. The lowest BCUT2D eigenvalue weighted by Crippen LogP contribution is -2.23. The minimum Gasteiger partial charge on any atom is -0.305 e. The fraction of sp³-hybridized carbons (Fsp3) is 0.143. The first-order valence-electron chi connectivity index (χ1n) is 6.44. The third-order valence-corrected chi connectivity index (χ3v) is 4.24. The first kappa shape index (κ1) is 15.9. The number of nitrogens with zero attached hydrogens (tertiary/aromatic N) is 2. The van der Waals surface area contributed by atoms with Crippen molar-refractivity contribution in [3.05, 3.63) is 54.7 Å². The van der Waals surface area contributed by atoms with E-state index in [-0.39, 0.29) is 17.3 Å². The van der Waals surface area contributed by atoms with Crippen LogP contribution < -0.4 is 10.0 Å². The average molecular weight is 320 g/mol. The lowest BCUT2D eigenvalue weighted by molar-refractivity contribution is 0.102. The van der Waals surface area contributed by atoms with E-state index in [1.807, 2.05) is 0 Å². The number of aromatic nitrogens is 2. The maximum absolute atomic E-state index is 12.0. The molecule has 0 radical (unpaired) electrons. The number of carbonyl (C=O) groups excluding carboxylic acids is 1. The van der Waals surface area contributed by atoms with E-state index < -0.39 is 10.0 Å². The van der Waals surface area contributed by atoms with Crippen LogP contribution in [0.3, 0.4) is 0 Å². The van der Waals surface area contributed by atoms with Gasteiger partial charge in [0.15, 0.2) is 5.82 Å². The summed E-state index contributed by atoms with van der Waals surface area (Å²) in [5.74, 6) is 0.0681. The molecular weight excluding hydrogens is 304 g/mol. The molecule has 0 atom stereocenters. The monoisotopic (exact) mass is 320 g/mol. The van der Waals surface area contributed by atoms with Gasteiger partial charge in [0.25, 0.3) is 5.91 Å². The normalized spacial score (nSPS) is 11.1. The number of anilines is 1. The van der Waals surface area contributed by atoms with Crippen molar-refractivity contribution in [2.24, 2.45) is 7.05 Å². The molecule has 8 heteroatoms. The van der Waals surface area contributed by atoms with Crippen LogP contribution in [-0.2, 0) is 17.1 Å². The number of nitrogens with one attached hydrogen (secondary N) is 2. The summed E-state index contributed by atoms with van der Waals surface area (Å²) in [6.45, 7) is 3.59. The molecule has 1 aromatic carbocycles. The molecule has 0 saturated heterocycles. The van der Waals surface area contributed by atoms with E-state index in [1.54, 1.807) is 24.0 Å². The molecule has 2 rings (SSSR count). The van der Waals surface area contributed by atoms with Gasteiger partial charge in [-0.3, -0.25) is 9.48 Å². The maximum atomic E-state index is 12.0. The smallest absolute Gasteiger partial charge is 0.256 e.